The quantitative estimate of drug-likeness (QED) is 0.838. The van der Waals surface area contributed by atoms with E-state index in [1.54, 1.807) is 4.90 Å². The van der Waals surface area contributed by atoms with E-state index < -0.39 is 0 Å². The Hall–Kier alpha value is -2.41. The fourth-order valence-electron chi connectivity index (χ4n) is 3.82. The first kappa shape index (κ1) is 21.3. The molecule has 0 bridgehead atoms. The van der Waals surface area contributed by atoms with E-state index >= 15 is 0 Å². The Morgan fingerprint density at radius 1 is 0.966 bits per heavy atom. The normalized spacial score (nSPS) is 18.7. The molecule has 2 fully saturated rings. The van der Waals surface area contributed by atoms with Gasteiger partial charge >= 0.3 is 0 Å². The molecule has 0 saturated carbocycles. The van der Waals surface area contributed by atoms with E-state index in [1.165, 1.54) is 0 Å². The summed E-state index contributed by atoms with van der Waals surface area (Å²) in [7, 11) is 0. The van der Waals surface area contributed by atoms with Crippen molar-refractivity contribution in [3.05, 3.63) is 29.8 Å². The number of carbonyl (C=O) groups excluding carboxylic acids is 3. The first-order valence-electron chi connectivity index (χ1n) is 10.5. The maximum Gasteiger partial charge on any atom is 0.253 e. The third-order valence-corrected chi connectivity index (χ3v) is 5.29. The first-order valence-corrected chi connectivity index (χ1v) is 10.5. The van der Waals surface area contributed by atoms with Gasteiger partial charge in [0.25, 0.3) is 5.91 Å². The van der Waals surface area contributed by atoms with Crippen molar-refractivity contribution in [1.82, 2.24) is 15.1 Å². The number of nitrogens with zero attached hydrogens (tertiary/aromatic N) is 3. The summed E-state index contributed by atoms with van der Waals surface area (Å²) in [5, 5.41) is 2.97. The minimum Gasteiger partial charge on any atom is -0.350 e. The fourth-order valence-corrected chi connectivity index (χ4v) is 3.82. The third-order valence-electron chi connectivity index (χ3n) is 5.29. The molecule has 2 saturated heterocycles. The molecule has 3 rings (SSSR count). The van der Waals surface area contributed by atoms with Gasteiger partial charge in [-0.1, -0.05) is 0 Å². The van der Waals surface area contributed by atoms with Crippen molar-refractivity contribution < 1.29 is 14.4 Å². The number of hydrogen-bond acceptors (Lipinski definition) is 4. The standard InChI is InChI=1S/C22H32N4O3/c1-22(2,3)23-19(27)16-24-12-14-25(15-13-24)21(29)17-7-9-18(10-8-17)26-11-5-4-6-20(26)28/h7-10H,4-6,11-16H2,1-3H3,(H,23,27). The van der Waals surface area contributed by atoms with Crippen molar-refractivity contribution in [1.29, 1.82) is 0 Å². The van der Waals surface area contributed by atoms with Crippen LogP contribution in [0.15, 0.2) is 24.3 Å². The zero-order valence-electron chi connectivity index (χ0n) is 17.7. The van der Waals surface area contributed by atoms with Crippen LogP contribution >= 0.6 is 0 Å². The summed E-state index contributed by atoms with van der Waals surface area (Å²) in [6.07, 6.45) is 2.57. The molecule has 158 valence electrons. The Morgan fingerprint density at radius 3 is 2.21 bits per heavy atom. The average Bonchev–Trinajstić information content (AvgIpc) is 2.67. The van der Waals surface area contributed by atoms with Crippen LogP contribution in [0.2, 0.25) is 0 Å². The number of nitrogens with one attached hydrogen (secondary N) is 1. The number of anilines is 1. The molecular formula is C22H32N4O3. The first-order chi connectivity index (χ1) is 13.7. The summed E-state index contributed by atoms with van der Waals surface area (Å²) in [4.78, 5) is 42.7. The van der Waals surface area contributed by atoms with Crippen LogP contribution in [0.3, 0.4) is 0 Å². The molecule has 0 atom stereocenters. The maximum absolute atomic E-state index is 12.8. The Bertz CT molecular complexity index is 746. The lowest BCUT2D eigenvalue weighted by Crippen LogP contribution is -2.52. The van der Waals surface area contributed by atoms with Crippen LogP contribution < -0.4 is 10.2 Å². The van der Waals surface area contributed by atoms with Gasteiger partial charge in [-0.3, -0.25) is 19.3 Å². The second kappa shape index (κ2) is 8.95. The van der Waals surface area contributed by atoms with Crippen molar-refractivity contribution in [2.75, 3.05) is 44.2 Å². The molecule has 1 aromatic rings. The van der Waals surface area contributed by atoms with Gasteiger partial charge < -0.3 is 15.1 Å². The van der Waals surface area contributed by atoms with Gasteiger partial charge in [0.2, 0.25) is 11.8 Å². The summed E-state index contributed by atoms with van der Waals surface area (Å²) in [6.45, 7) is 9.58. The van der Waals surface area contributed by atoms with Crippen LogP contribution in [0.25, 0.3) is 0 Å². The van der Waals surface area contributed by atoms with Crippen molar-refractivity contribution in [3.63, 3.8) is 0 Å². The average molecular weight is 401 g/mol. The molecule has 1 aromatic carbocycles. The number of benzene rings is 1. The van der Waals surface area contributed by atoms with Crippen LogP contribution in [0.5, 0.6) is 0 Å². The van der Waals surface area contributed by atoms with Gasteiger partial charge in [-0.15, -0.1) is 0 Å². The highest BCUT2D eigenvalue weighted by molar-refractivity contribution is 5.97. The van der Waals surface area contributed by atoms with Crippen molar-refractivity contribution >= 4 is 23.4 Å². The number of amides is 3. The minimum atomic E-state index is -0.236. The van der Waals surface area contributed by atoms with E-state index in [0.29, 0.717) is 44.7 Å². The minimum absolute atomic E-state index is 0.000291. The second-order valence-corrected chi connectivity index (χ2v) is 8.92. The maximum atomic E-state index is 12.8. The molecule has 0 unspecified atom stereocenters. The largest absolute Gasteiger partial charge is 0.350 e. The number of piperidine rings is 1. The summed E-state index contributed by atoms with van der Waals surface area (Å²) in [5.74, 6) is 0.169. The zero-order valence-corrected chi connectivity index (χ0v) is 17.7. The highest BCUT2D eigenvalue weighted by Crippen LogP contribution is 2.22. The molecule has 29 heavy (non-hydrogen) atoms. The van der Waals surface area contributed by atoms with Gasteiger partial charge in [0.15, 0.2) is 0 Å². The van der Waals surface area contributed by atoms with E-state index in [9.17, 15) is 14.4 Å². The van der Waals surface area contributed by atoms with E-state index in [1.807, 2.05) is 49.9 Å². The van der Waals surface area contributed by atoms with Gasteiger partial charge in [-0.25, -0.2) is 0 Å². The van der Waals surface area contributed by atoms with Crippen molar-refractivity contribution in [3.8, 4) is 0 Å². The summed E-state index contributed by atoms with van der Waals surface area (Å²) < 4.78 is 0. The molecule has 7 heteroatoms. The Morgan fingerprint density at radius 2 is 1.62 bits per heavy atom. The lowest BCUT2D eigenvalue weighted by Gasteiger charge is -2.35. The topological polar surface area (TPSA) is 73.0 Å². The van der Waals surface area contributed by atoms with E-state index in [4.69, 9.17) is 0 Å². The van der Waals surface area contributed by atoms with E-state index in [2.05, 4.69) is 10.2 Å². The van der Waals surface area contributed by atoms with E-state index in [-0.39, 0.29) is 23.3 Å². The monoisotopic (exact) mass is 400 g/mol. The predicted molar refractivity (Wildman–Crippen MR) is 113 cm³/mol. The molecule has 0 aliphatic carbocycles. The summed E-state index contributed by atoms with van der Waals surface area (Å²) in [5.41, 5.74) is 1.26. The fraction of sp³-hybridized carbons (Fsp3) is 0.591. The lowest BCUT2D eigenvalue weighted by atomic mass is 10.1. The van der Waals surface area contributed by atoms with Crippen LogP contribution in [0.1, 0.15) is 50.4 Å². The second-order valence-electron chi connectivity index (χ2n) is 8.92. The van der Waals surface area contributed by atoms with E-state index in [0.717, 1.165) is 25.1 Å². The van der Waals surface area contributed by atoms with Gasteiger partial charge in [0.1, 0.15) is 0 Å². The molecule has 3 amide bonds. The summed E-state index contributed by atoms with van der Waals surface area (Å²) in [6, 6.07) is 7.35. The zero-order chi connectivity index (χ0) is 21.0. The molecular weight excluding hydrogens is 368 g/mol. The predicted octanol–water partition coefficient (Wildman–Crippen LogP) is 1.88. The SMILES string of the molecule is CC(C)(C)NC(=O)CN1CCN(C(=O)c2ccc(N3CCCCC3=O)cc2)CC1. The number of rotatable bonds is 4. The highest BCUT2D eigenvalue weighted by atomic mass is 16.2. The molecule has 2 aliphatic rings. The lowest BCUT2D eigenvalue weighted by molar-refractivity contribution is -0.124. The molecule has 7 nitrogen and oxygen atoms in total. The number of piperazine rings is 1. The third kappa shape index (κ3) is 5.79. The Kier molecular flexibility index (Phi) is 6.57. The molecule has 0 radical (unpaired) electrons. The van der Waals surface area contributed by atoms with Gasteiger partial charge in [-0.05, 0) is 57.9 Å². The molecule has 2 aliphatic heterocycles. The van der Waals surface area contributed by atoms with Crippen molar-refractivity contribution in [2.45, 2.75) is 45.6 Å². The molecule has 0 aromatic heterocycles. The molecule has 1 N–H and O–H groups in total. The Balaban J connectivity index is 1.51. The van der Waals surface area contributed by atoms with Crippen molar-refractivity contribution in [2.24, 2.45) is 0 Å². The van der Waals surface area contributed by atoms with Gasteiger partial charge in [-0.2, -0.15) is 0 Å². The van der Waals surface area contributed by atoms with Crippen LogP contribution in [-0.2, 0) is 9.59 Å². The number of hydrogen-bond donors (Lipinski definition) is 1. The smallest absolute Gasteiger partial charge is 0.253 e. The molecule has 0 spiro atoms. The molecule has 2 heterocycles. The number of carbonyl (C=O) groups is 3. The summed E-state index contributed by atoms with van der Waals surface area (Å²) >= 11 is 0. The van der Waals surface area contributed by atoms with Crippen LogP contribution in [0.4, 0.5) is 5.69 Å². The van der Waals surface area contributed by atoms with Crippen LogP contribution in [-0.4, -0.2) is 72.3 Å². The highest BCUT2D eigenvalue weighted by Gasteiger charge is 2.25. The van der Waals surface area contributed by atoms with Gasteiger partial charge in [0.05, 0.1) is 6.54 Å². The van der Waals surface area contributed by atoms with Crippen LogP contribution in [0, 0.1) is 0 Å². The van der Waals surface area contributed by atoms with Gasteiger partial charge in [0, 0.05) is 55.9 Å². The Labute approximate surface area is 173 Å².